The van der Waals surface area contributed by atoms with Crippen LogP contribution < -0.4 is 5.73 Å². The van der Waals surface area contributed by atoms with E-state index in [0.29, 0.717) is 0 Å². The molecule has 0 aliphatic heterocycles. The van der Waals surface area contributed by atoms with Crippen LogP contribution in [-0.2, 0) is 6.42 Å². The summed E-state index contributed by atoms with van der Waals surface area (Å²) >= 11 is 0. The lowest BCUT2D eigenvalue weighted by Crippen LogP contribution is -2.23. The Balaban J connectivity index is 1.69. The first-order valence-electron chi connectivity index (χ1n) is 6.50. The lowest BCUT2D eigenvalue weighted by Gasteiger charge is -2.14. The van der Waals surface area contributed by atoms with Crippen molar-refractivity contribution in [3.63, 3.8) is 0 Å². The highest BCUT2D eigenvalue weighted by atomic mass is 14.7. The monoisotopic (exact) mass is 218 g/mol. The highest BCUT2D eigenvalue weighted by molar-refractivity contribution is 5.04. The molecule has 2 heteroatoms. The minimum absolute atomic E-state index is 0.287. The molecule has 1 aromatic rings. The second-order valence-electron chi connectivity index (χ2n) is 5.01. The van der Waals surface area contributed by atoms with Crippen molar-refractivity contribution in [3.8, 4) is 0 Å². The average molecular weight is 218 g/mol. The first kappa shape index (κ1) is 11.6. The third-order valence-corrected chi connectivity index (χ3v) is 3.62. The maximum absolute atomic E-state index is 6.14. The van der Waals surface area contributed by atoms with E-state index in [9.17, 15) is 0 Å². The quantitative estimate of drug-likeness (QED) is 0.825. The van der Waals surface area contributed by atoms with Crippen LogP contribution in [0, 0.1) is 5.92 Å². The summed E-state index contributed by atoms with van der Waals surface area (Å²) in [5.41, 5.74) is 7.27. The van der Waals surface area contributed by atoms with Gasteiger partial charge in [0.15, 0.2) is 0 Å². The van der Waals surface area contributed by atoms with E-state index in [1.807, 2.05) is 18.3 Å². The molecule has 1 fully saturated rings. The highest BCUT2D eigenvalue weighted by Gasteiger charge is 2.16. The molecule has 1 aliphatic carbocycles. The van der Waals surface area contributed by atoms with Gasteiger partial charge in [0, 0.05) is 24.4 Å². The Kier molecular flexibility index (Phi) is 4.34. The van der Waals surface area contributed by atoms with Crippen molar-refractivity contribution < 1.29 is 0 Å². The zero-order chi connectivity index (χ0) is 11.2. The zero-order valence-corrected chi connectivity index (χ0v) is 9.94. The van der Waals surface area contributed by atoms with Crippen molar-refractivity contribution in [2.24, 2.45) is 11.7 Å². The van der Waals surface area contributed by atoms with Crippen LogP contribution in [0.15, 0.2) is 24.4 Å². The Bertz CT molecular complexity index is 291. The Morgan fingerprint density at radius 3 is 2.81 bits per heavy atom. The molecule has 0 bridgehead atoms. The number of rotatable bonds is 5. The minimum Gasteiger partial charge on any atom is -0.327 e. The van der Waals surface area contributed by atoms with Gasteiger partial charge in [-0.3, -0.25) is 4.98 Å². The molecule has 1 atom stereocenters. The van der Waals surface area contributed by atoms with E-state index >= 15 is 0 Å². The van der Waals surface area contributed by atoms with Gasteiger partial charge in [0.25, 0.3) is 0 Å². The van der Waals surface area contributed by atoms with Crippen LogP contribution in [-0.4, -0.2) is 11.0 Å². The fourth-order valence-corrected chi connectivity index (χ4v) is 2.64. The van der Waals surface area contributed by atoms with Crippen LogP contribution in [0.2, 0.25) is 0 Å². The van der Waals surface area contributed by atoms with E-state index in [2.05, 4.69) is 11.1 Å². The van der Waals surface area contributed by atoms with Gasteiger partial charge < -0.3 is 5.73 Å². The Morgan fingerprint density at radius 1 is 1.31 bits per heavy atom. The molecule has 0 radical (unpaired) electrons. The van der Waals surface area contributed by atoms with E-state index in [4.69, 9.17) is 5.73 Å². The van der Waals surface area contributed by atoms with Crippen LogP contribution >= 0.6 is 0 Å². The summed E-state index contributed by atoms with van der Waals surface area (Å²) in [7, 11) is 0. The molecule has 1 saturated carbocycles. The van der Waals surface area contributed by atoms with E-state index in [-0.39, 0.29) is 6.04 Å². The Labute approximate surface area is 98.3 Å². The first-order chi connectivity index (χ1) is 7.84. The van der Waals surface area contributed by atoms with E-state index in [0.717, 1.165) is 24.5 Å². The predicted molar refractivity (Wildman–Crippen MR) is 67.1 cm³/mol. The molecule has 0 aromatic carbocycles. The van der Waals surface area contributed by atoms with Crippen molar-refractivity contribution in [1.82, 2.24) is 4.98 Å². The van der Waals surface area contributed by atoms with Crippen LogP contribution in [0.3, 0.4) is 0 Å². The van der Waals surface area contributed by atoms with Gasteiger partial charge >= 0.3 is 0 Å². The largest absolute Gasteiger partial charge is 0.327 e. The van der Waals surface area contributed by atoms with Gasteiger partial charge in [0.05, 0.1) is 0 Å². The molecule has 88 valence electrons. The van der Waals surface area contributed by atoms with Crippen molar-refractivity contribution in [1.29, 1.82) is 0 Å². The van der Waals surface area contributed by atoms with Crippen LogP contribution in [0.5, 0.6) is 0 Å². The van der Waals surface area contributed by atoms with Gasteiger partial charge in [-0.2, -0.15) is 0 Å². The Morgan fingerprint density at radius 2 is 2.12 bits per heavy atom. The molecule has 0 saturated heterocycles. The second kappa shape index (κ2) is 6.00. The summed E-state index contributed by atoms with van der Waals surface area (Å²) in [5.74, 6) is 0.954. The highest BCUT2D eigenvalue weighted by Crippen LogP contribution is 2.28. The number of hydrogen-bond acceptors (Lipinski definition) is 2. The topological polar surface area (TPSA) is 38.9 Å². The van der Waals surface area contributed by atoms with E-state index < -0.39 is 0 Å². The van der Waals surface area contributed by atoms with Crippen molar-refractivity contribution >= 4 is 0 Å². The zero-order valence-electron chi connectivity index (χ0n) is 9.94. The Hall–Kier alpha value is -0.890. The lowest BCUT2D eigenvalue weighted by molar-refractivity contribution is 0.446. The van der Waals surface area contributed by atoms with Crippen molar-refractivity contribution in [2.75, 3.05) is 0 Å². The molecule has 2 rings (SSSR count). The van der Waals surface area contributed by atoms with Crippen molar-refractivity contribution in [3.05, 3.63) is 30.1 Å². The number of nitrogens with two attached hydrogens (primary N) is 1. The predicted octanol–water partition coefficient (Wildman–Crippen LogP) is 2.92. The molecule has 16 heavy (non-hydrogen) atoms. The standard InChI is InChI=1S/C14H22N2/c15-13(9-8-12-5-1-2-6-12)11-14-7-3-4-10-16-14/h3-4,7,10,12-13H,1-2,5-6,8-9,11,15H2. The summed E-state index contributed by atoms with van der Waals surface area (Å²) in [6.45, 7) is 0. The second-order valence-corrected chi connectivity index (χ2v) is 5.01. The minimum atomic E-state index is 0.287. The van der Waals surface area contributed by atoms with Gasteiger partial charge in [-0.25, -0.2) is 0 Å². The maximum atomic E-state index is 6.14. The molecule has 2 nitrogen and oxygen atoms in total. The third kappa shape index (κ3) is 3.60. The molecule has 1 unspecified atom stereocenters. The average Bonchev–Trinajstić information content (AvgIpc) is 2.81. The number of pyridine rings is 1. The number of nitrogens with zero attached hydrogens (tertiary/aromatic N) is 1. The third-order valence-electron chi connectivity index (χ3n) is 3.62. The summed E-state index contributed by atoms with van der Waals surface area (Å²) < 4.78 is 0. The van der Waals surface area contributed by atoms with Gasteiger partial charge in [-0.1, -0.05) is 31.7 Å². The van der Waals surface area contributed by atoms with Crippen LogP contribution in [0.1, 0.15) is 44.2 Å². The molecule has 1 aromatic heterocycles. The van der Waals surface area contributed by atoms with Crippen LogP contribution in [0.4, 0.5) is 0 Å². The van der Waals surface area contributed by atoms with Gasteiger partial charge in [-0.15, -0.1) is 0 Å². The fourth-order valence-electron chi connectivity index (χ4n) is 2.64. The summed E-state index contributed by atoms with van der Waals surface area (Å²) in [4.78, 5) is 4.32. The summed E-state index contributed by atoms with van der Waals surface area (Å²) in [5, 5.41) is 0. The molecule has 0 spiro atoms. The summed E-state index contributed by atoms with van der Waals surface area (Å²) in [6.07, 6.45) is 11.0. The SMILES string of the molecule is NC(CCC1CCCC1)Cc1ccccn1. The molecule has 0 amide bonds. The first-order valence-corrected chi connectivity index (χ1v) is 6.50. The fraction of sp³-hybridized carbons (Fsp3) is 0.643. The molecular formula is C14H22N2. The number of hydrogen-bond donors (Lipinski definition) is 1. The van der Waals surface area contributed by atoms with Gasteiger partial charge in [0.1, 0.15) is 0 Å². The number of aromatic nitrogens is 1. The van der Waals surface area contributed by atoms with Crippen LogP contribution in [0.25, 0.3) is 0 Å². The van der Waals surface area contributed by atoms with Gasteiger partial charge in [0.2, 0.25) is 0 Å². The molecule has 1 aliphatic rings. The van der Waals surface area contributed by atoms with E-state index in [1.165, 1.54) is 32.1 Å². The summed E-state index contributed by atoms with van der Waals surface area (Å²) in [6, 6.07) is 6.34. The molecular weight excluding hydrogens is 196 g/mol. The van der Waals surface area contributed by atoms with Gasteiger partial charge in [-0.05, 0) is 30.9 Å². The molecule has 2 N–H and O–H groups in total. The smallest absolute Gasteiger partial charge is 0.0419 e. The molecule has 1 heterocycles. The maximum Gasteiger partial charge on any atom is 0.0419 e. The van der Waals surface area contributed by atoms with Crippen molar-refractivity contribution in [2.45, 2.75) is 51.0 Å². The lowest BCUT2D eigenvalue weighted by atomic mass is 9.97. The van der Waals surface area contributed by atoms with E-state index in [1.54, 1.807) is 0 Å². The normalized spacial score (nSPS) is 18.8.